The van der Waals surface area contributed by atoms with Crippen molar-refractivity contribution in [3.8, 4) is 11.8 Å². The highest BCUT2D eigenvalue weighted by atomic mass is 35.5. The van der Waals surface area contributed by atoms with Crippen LogP contribution in [0.15, 0.2) is 42.5 Å². The molecule has 1 aromatic heterocycles. The molecule has 3 rings (SSSR count). The van der Waals surface area contributed by atoms with E-state index in [2.05, 4.69) is 22.1 Å². The number of benzene rings is 1. The Bertz CT molecular complexity index is 875. The molecule has 0 aliphatic heterocycles. The summed E-state index contributed by atoms with van der Waals surface area (Å²) in [6.45, 7) is 0. The van der Waals surface area contributed by atoms with Gasteiger partial charge in [-0.2, -0.15) is 0 Å². The lowest BCUT2D eigenvalue weighted by Gasteiger charge is -2.33. The number of aliphatic hydroxyl groups is 1. The van der Waals surface area contributed by atoms with Crippen molar-refractivity contribution in [3.63, 3.8) is 0 Å². The third-order valence-corrected chi connectivity index (χ3v) is 4.72. The van der Waals surface area contributed by atoms with E-state index in [0.29, 0.717) is 17.9 Å². The number of pyridine rings is 1. The quantitative estimate of drug-likeness (QED) is 0.606. The molecule has 0 spiro atoms. The number of hydrogen-bond acceptors (Lipinski definition) is 3. The Morgan fingerprint density at radius 3 is 2.85 bits per heavy atom. The van der Waals surface area contributed by atoms with Crippen molar-refractivity contribution in [1.29, 1.82) is 0 Å². The molecule has 4 nitrogen and oxygen atoms in total. The van der Waals surface area contributed by atoms with Gasteiger partial charge in [-0.3, -0.25) is 4.79 Å². The first-order valence-electron chi connectivity index (χ1n) is 8.38. The van der Waals surface area contributed by atoms with Crippen molar-refractivity contribution in [2.75, 3.05) is 0 Å². The molecule has 0 saturated heterocycles. The van der Waals surface area contributed by atoms with Gasteiger partial charge in [-0.1, -0.05) is 47.2 Å². The molecule has 2 atom stereocenters. The standard InChI is InChI=1S/C20H18Cl2N2O2/c21-15-5-1-4-14(12-15)9-11-20(26)10-3-6-16(13-20)23-19(25)17-7-2-8-18(22)24-17/h1-2,4-5,7-8,12,16,26H,3,6,10,13H2,(H,23,25)/t16-,20+/m1/s1. The first-order valence-corrected chi connectivity index (χ1v) is 9.14. The molecule has 0 bridgehead atoms. The molecular weight excluding hydrogens is 371 g/mol. The Balaban J connectivity index is 1.68. The van der Waals surface area contributed by atoms with Crippen LogP contribution in [0.2, 0.25) is 10.2 Å². The SMILES string of the molecule is O=C(N[C@@H]1CCC[C@](O)(C#Cc2cccc(Cl)c2)C1)c1cccc(Cl)n1. The van der Waals surface area contributed by atoms with Crippen LogP contribution < -0.4 is 5.32 Å². The van der Waals surface area contributed by atoms with Crippen LogP contribution in [0.1, 0.15) is 41.7 Å². The summed E-state index contributed by atoms with van der Waals surface area (Å²) < 4.78 is 0. The normalized spacial score (nSPS) is 22.2. The lowest BCUT2D eigenvalue weighted by atomic mass is 9.82. The average molecular weight is 389 g/mol. The first kappa shape index (κ1) is 18.7. The summed E-state index contributed by atoms with van der Waals surface area (Å²) in [6, 6.07) is 11.9. The van der Waals surface area contributed by atoms with Crippen LogP contribution in [0, 0.1) is 11.8 Å². The van der Waals surface area contributed by atoms with E-state index in [9.17, 15) is 9.90 Å². The number of carbonyl (C=O) groups is 1. The van der Waals surface area contributed by atoms with E-state index < -0.39 is 5.60 Å². The highest BCUT2D eigenvalue weighted by molar-refractivity contribution is 6.30. The van der Waals surface area contributed by atoms with Gasteiger partial charge in [-0.15, -0.1) is 0 Å². The Morgan fingerprint density at radius 1 is 1.27 bits per heavy atom. The van der Waals surface area contributed by atoms with E-state index in [1.807, 2.05) is 12.1 Å². The maximum atomic E-state index is 12.3. The minimum Gasteiger partial charge on any atom is -0.378 e. The zero-order valence-corrected chi connectivity index (χ0v) is 15.5. The molecule has 1 amide bonds. The van der Waals surface area contributed by atoms with Gasteiger partial charge in [0.2, 0.25) is 0 Å². The monoisotopic (exact) mass is 388 g/mol. The van der Waals surface area contributed by atoms with Gasteiger partial charge in [-0.05, 0) is 49.6 Å². The van der Waals surface area contributed by atoms with Gasteiger partial charge in [0.15, 0.2) is 0 Å². The summed E-state index contributed by atoms with van der Waals surface area (Å²) in [6.07, 6.45) is 2.50. The van der Waals surface area contributed by atoms with E-state index in [4.69, 9.17) is 23.2 Å². The van der Waals surface area contributed by atoms with E-state index in [-0.39, 0.29) is 22.8 Å². The smallest absolute Gasteiger partial charge is 0.270 e. The van der Waals surface area contributed by atoms with Crippen LogP contribution in [-0.4, -0.2) is 27.6 Å². The minimum atomic E-state index is -1.14. The van der Waals surface area contributed by atoms with Crippen LogP contribution >= 0.6 is 23.2 Å². The molecule has 0 radical (unpaired) electrons. The average Bonchev–Trinajstić information content (AvgIpc) is 2.60. The Morgan fingerprint density at radius 2 is 2.08 bits per heavy atom. The van der Waals surface area contributed by atoms with Gasteiger partial charge in [0.25, 0.3) is 5.91 Å². The Labute approximate surface area is 162 Å². The van der Waals surface area contributed by atoms with Crippen LogP contribution in [0.25, 0.3) is 0 Å². The van der Waals surface area contributed by atoms with Gasteiger partial charge >= 0.3 is 0 Å². The number of amides is 1. The van der Waals surface area contributed by atoms with Crippen LogP contribution in [-0.2, 0) is 0 Å². The molecule has 26 heavy (non-hydrogen) atoms. The summed E-state index contributed by atoms with van der Waals surface area (Å²) in [7, 11) is 0. The predicted molar refractivity (Wildman–Crippen MR) is 102 cm³/mol. The zero-order valence-electron chi connectivity index (χ0n) is 14.0. The lowest BCUT2D eigenvalue weighted by molar-refractivity contribution is 0.0451. The van der Waals surface area contributed by atoms with E-state index in [1.54, 1.807) is 30.3 Å². The molecule has 134 valence electrons. The van der Waals surface area contributed by atoms with Gasteiger partial charge < -0.3 is 10.4 Å². The molecule has 1 aromatic carbocycles. The van der Waals surface area contributed by atoms with Gasteiger partial charge in [0.1, 0.15) is 16.4 Å². The van der Waals surface area contributed by atoms with Crippen LogP contribution in [0.5, 0.6) is 0 Å². The summed E-state index contributed by atoms with van der Waals surface area (Å²) in [4.78, 5) is 16.3. The lowest BCUT2D eigenvalue weighted by Crippen LogP contribution is -2.45. The second-order valence-electron chi connectivity index (χ2n) is 6.40. The van der Waals surface area contributed by atoms with Crippen molar-refractivity contribution in [2.24, 2.45) is 0 Å². The summed E-state index contributed by atoms with van der Waals surface area (Å²) in [5, 5.41) is 14.6. The molecule has 2 aromatic rings. The fourth-order valence-electron chi connectivity index (χ4n) is 3.04. The van der Waals surface area contributed by atoms with Gasteiger partial charge in [0, 0.05) is 23.0 Å². The van der Waals surface area contributed by atoms with Gasteiger partial charge in [-0.25, -0.2) is 4.98 Å². The number of rotatable bonds is 2. The maximum Gasteiger partial charge on any atom is 0.270 e. The number of halogens is 2. The highest BCUT2D eigenvalue weighted by Crippen LogP contribution is 2.28. The number of nitrogens with one attached hydrogen (secondary N) is 1. The Hall–Kier alpha value is -2.06. The third-order valence-electron chi connectivity index (χ3n) is 4.27. The van der Waals surface area contributed by atoms with Crippen LogP contribution in [0.4, 0.5) is 0 Å². The summed E-state index contributed by atoms with van der Waals surface area (Å²) in [5.41, 5.74) is -0.128. The Kier molecular flexibility index (Phi) is 5.83. The zero-order chi connectivity index (χ0) is 18.6. The van der Waals surface area contributed by atoms with Crippen molar-refractivity contribution >= 4 is 29.1 Å². The molecule has 2 N–H and O–H groups in total. The van der Waals surface area contributed by atoms with Crippen molar-refractivity contribution in [2.45, 2.75) is 37.3 Å². The second kappa shape index (κ2) is 8.09. The fourth-order valence-corrected chi connectivity index (χ4v) is 3.39. The van der Waals surface area contributed by atoms with Gasteiger partial charge in [0.05, 0.1) is 0 Å². The summed E-state index contributed by atoms with van der Waals surface area (Å²) >= 11 is 11.8. The third kappa shape index (κ3) is 4.98. The van der Waals surface area contributed by atoms with Crippen LogP contribution in [0.3, 0.4) is 0 Å². The van der Waals surface area contributed by atoms with E-state index in [0.717, 1.165) is 18.4 Å². The van der Waals surface area contributed by atoms with E-state index >= 15 is 0 Å². The molecular formula is C20H18Cl2N2O2. The molecule has 1 heterocycles. The largest absolute Gasteiger partial charge is 0.378 e. The number of hydrogen-bond donors (Lipinski definition) is 2. The number of carbonyl (C=O) groups excluding carboxylic acids is 1. The maximum absolute atomic E-state index is 12.3. The highest BCUT2D eigenvalue weighted by Gasteiger charge is 2.33. The number of aromatic nitrogens is 1. The van der Waals surface area contributed by atoms with Crippen molar-refractivity contribution < 1.29 is 9.90 Å². The van der Waals surface area contributed by atoms with Crippen molar-refractivity contribution in [1.82, 2.24) is 10.3 Å². The molecule has 6 heteroatoms. The second-order valence-corrected chi connectivity index (χ2v) is 7.23. The topological polar surface area (TPSA) is 62.2 Å². The first-order chi connectivity index (χ1) is 12.4. The summed E-state index contributed by atoms with van der Waals surface area (Å²) in [5.74, 6) is 5.63. The molecule has 1 aliphatic carbocycles. The molecule has 1 aliphatic rings. The molecule has 1 saturated carbocycles. The van der Waals surface area contributed by atoms with Crippen molar-refractivity contribution in [3.05, 3.63) is 63.9 Å². The molecule has 0 unspecified atom stereocenters. The minimum absolute atomic E-state index is 0.171. The fraction of sp³-hybridized carbons (Fsp3) is 0.300. The predicted octanol–water partition coefficient (Wildman–Crippen LogP) is 3.84. The van der Waals surface area contributed by atoms with E-state index in [1.165, 1.54) is 0 Å². The molecule has 1 fully saturated rings. The number of nitrogens with zero attached hydrogens (tertiary/aromatic N) is 1.